The second kappa shape index (κ2) is 15.6. The third-order valence-electron chi connectivity index (χ3n) is 12.1. The maximum Gasteiger partial charge on any atom is 0.306 e. The number of ether oxygens (including phenoxy) is 4. The zero-order valence-electron chi connectivity index (χ0n) is 30.9. The summed E-state index contributed by atoms with van der Waals surface area (Å²) in [5.41, 5.74) is -5.82. The monoisotopic (exact) mass is 791 g/mol. The van der Waals surface area contributed by atoms with Crippen LogP contribution in [-0.2, 0) is 20.7 Å². The van der Waals surface area contributed by atoms with E-state index in [2.05, 4.69) is 19.2 Å². The number of esters is 1. The Bertz CT molecular complexity index is 1740. The number of benzene rings is 1. The van der Waals surface area contributed by atoms with Crippen LogP contribution in [-0.4, -0.2) is 121 Å². The summed E-state index contributed by atoms with van der Waals surface area (Å²) in [4.78, 5) is 12.7. The van der Waals surface area contributed by atoms with Gasteiger partial charge in [-0.1, -0.05) is 53.7 Å². The predicted molar refractivity (Wildman–Crippen MR) is 203 cm³/mol. The van der Waals surface area contributed by atoms with Crippen molar-refractivity contribution in [2.45, 2.75) is 99.0 Å². The van der Waals surface area contributed by atoms with Crippen LogP contribution in [0, 0.1) is 23.7 Å². The van der Waals surface area contributed by atoms with Crippen molar-refractivity contribution in [2.24, 2.45) is 23.7 Å². The maximum absolute atomic E-state index is 13.3. The molecular weight excluding hydrogens is 739 g/mol. The average molecular weight is 792 g/mol. The van der Waals surface area contributed by atoms with Gasteiger partial charge in [-0.25, -0.2) is 0 Å². The van der Waals surface area contributed by atoms with E-state index in [0.717, 1.165) is 12.8 Å². The van der Waals surface area contributed by atoms with E-state index < -0.39 is 77.0 Å². The summed E-state index contributed by atoms with van der Waals surface area (Å²) in [7, 11) is 2.96. The number of rotatable bonds is 9. The smallest absolute Gasteiger partial charge is 0.306 e. The molecule has 2 aliphatic carbocycles. The highest BCUT2D eigenvalue weighted by Gasteiger charge is 2.83. The molecule has 7 N–H and O–H groups in total. The van der Waals surface area contributed by atoms with Crippen molar-refractivity contribution in [3.8, 4) is 11.5 Å². The fourth-order valence-corrected chi connectivity index (χ4v) is 12.4. The number of hydrogen-bond acceptors (Lipinski definition) is 15. The van der Waals surface area contributed by atoms with Crippen LogP contribution in [0.4, 0.5) is 0 Å². The van der Waals surface area contributed by atoms with Crippen molar-refractivity contribution in [3.63, 3.8) is 0 Å². The highest BCUT2D eigenvalue weighted by molar-refractivity contribution is 8.77. The second-order valence-electron chi connectivity index (χ2n) is 15.7. The number of allylic oxidation sites excluding steroid dienone is 1. The lowest BCUT2D eigenvalue weighted by Gasteiger charge is -2.71. The molecule has 7 rings (SSSR count). The molecule has 1 saturated carbocycles. The van der Waals surface area contributed by atoms with Crippen LogP contribution in [0.25, 0.3) is 11.0 Å². The van der Waals surface area contributed by atoms with Crippen molar-refractivity contribution in [1.82, 2.24) is 5.32 Å². The first-order valence-electron chi connectivity index (χ1n) is 19.0. The topological polar surface area (TPSA) is 201 Å². The SMILES string of the molecule is CCOC(=O)CCc1cc2ccoc2c2c1O[C@]13C=C[C@@H](SSC[C@@H](CCC(C)C)NCCO2)[C@](CO)(O1)[C@@]1(O)C[C@H]2C=C[C@H](O)[C@@H](CO)[C@H]2[C@@]3(O)[C@H]1O. The Morgan fingerprint density at radius 3 is 2.70 bits per heavy atom. The number of aliphatic hydroxyl groups is 6. The van der Waals surface area contributed by atoms with Crippen LogP contribution in [0.5, 0.6) is 11.5 Å². The molecule has 5 aliphatic rings. The molecule has 15 heteroatoms. The summed E-state index contributed by atoms with van der Waals surface area (Å²) in [5.74, 6) is -4.11. The summed E-state index contributed by atoms with van der Waals surface area (Å²) in [6.07, 6.45) is 6.66. The van der Waals surface area contributed by atoms with Crippen molar-refractivity contribution in [2.75, 3.05) is 38.7 Å². The molecule has 2 aromatic rings. The van der Waals surface area contributed by atoms with E-state index >= 15 is 0 Å². The van der Waals surface area contributed by atoms with Crippen molar-refractivity contribution < 1.29 is 58.8 Å². The van der Waals surface area contributed by atoms with E-state index in [9.17, 15) is 35.4 Å². The zero-order chi connectivity index (χ0) is 38.5. The van der Waals surface area contributed by atoms with Gasteiger partial charge >= 0.3 is 5.97 Å². The molecular formula is C39H53NO12S2. The molecule has 0 radical (unpaired) electrons. The number of furan rings is 1. The van der Waals surface area contributed by atoms with E-state index in [-0.39, 0.29) is 50.0 Å². The molecule has 0 unspecified atom stereocenters. The summed E-state index contributed by atoms with van der Waals surface area (Å²) >= 11 is 0. The lowest BCUT2D eigenvalue weighted by Crippen LogP contribution is -2.90. The summed E-state index contributed by atoms with van der Waals surface area (Å²) in [6.45, 7) is 5.65. The predicted octanol–water partition coefficient (Wildman–Crippen LogP) is 2.87. The summed E-state index contributed by atoms with van der Waals surface area (Å²) < 4.78 is 31.7. The molecule has 11 atom stereocenters. The molecule has 2 fully saturated rings. The molecule has 5 bridgehead atoms. The van der Waals surface area contributed by atoms with Gasteiger partial charge in [0.2, 0.25) is 5.75 Å². The number of carbonyl (C=O) groups excluding carboxylic acids is 1. The molecule has 54 heavy (non-hydrogen) atoms. The fourth-order valence-electron chi connectivity index (χ4n) is 9.31. The maximum atomic E-state index is 13.3. The Morgan fingerprint density at radius 2 is 1.96 bits per heavy atom. The molecule has 3 aliphatic heterocycles. The van der Waals surface area contributed by atoms with Crippen LogP contribution in [0.15, 0.2) is 47.1 Å². The molecule has 13 nitrogen and oxygen atoms in total. The standard InChI is InChI=1S/C39H53NO12S2/c1-4-48-30(44)10-7-23-17-24-12-15-49-32(24)34-33(23)51-38-13-11-29(54-53-20-26(8-5-22(2)3)40-14-16-50-34)37(21-42,52-38)36(46)18-25-6-9-28(43)27(19-41)31(25)39(38,47)35(36)45/h6,9,11-13,15,17,22,25-29,31,35,40-43,45-47H,4-5,7-8,10,14,16,18-21H2,1-3H3/t25-,26-,27-,28+,29-,31+,35+,36-,37+,38-,39-/m1/s1. The molecule has 1 aromatic carbocycles. The van der Waals surface area contributed by atoms with Gasteiger partial charge in [0.25, 0.3) is 5.79 Å². The fraction of sp³-hybridized carbons (Fsp3) is 0.667. The van der Waals surface area contributed by atoms with Gasteiger partial charge < -0.3 is 59.3 Å². The van der Waals surface area contributed by atoms with Gasteiger partial charge in [0, 0.05) is 48.6 Å². The number of aliphatic hydroxyl groups excluding tert-OH is 4. The summed E-state index contributed by atoms with van der Waals surface area (Å²) in [5, 5.41) is 75.5. The number of fused-ring (bicyclic) bond motifs is 11. The van der Waals surface area contributed by atoms with Crippen LogP contribution in [0.1, 0.15) is 52.0 Å². The van der Waals surface area contributed by atoms with Gasteiger partial charge in [0.05, 0.1) is 30.8 Å². The minimum Gasteiger partial charge on any atom is -0.485 e. The Balaban J connectivity index is 1.45. The van der Waals surface area contributed by atoms with Gasteiger partial charge in [-0.2, -0.15) is 0 Å². The van der Waals surface area contributed by atoms with Crippen LogP contribution < -0.4 is 14.8 Å². The normalized spacial score (nSPS) is 38.9. The Kier molecular flexibility index (Phi) is 11.5. The van der Waals surface area contributed by atoms with Crippen LogP contribution in [0.2, 0.25) is 0 Å². The number of aryl methyl sites for hydroxylation is 1. The minimum absolute atomic E-state index is 0.0206. The number of nitrogens with one attached hydrogen (secondary N) is 1. The highest BCUT2D eigenvalue weighted by atomic mass is 33.1. The first-order chi connectivity index (χ1) is 25.9. The minimum atomic E-state index is -2.52. The highest BCUT2D eigenvalue weighted by Crippen LogP contribution is 2.66. The van der Waals surface area contributed by atoms with Gasteiger partial charge in [0.15, 0.2) is 16.9 Å². The Morgan fingerprint density at radius 1 is 1.15 bits per heavy atom. The van der Waals surface area contributed by atoms with E-state index in [1.165, 1.54) is 29.2 Å². The Labute approximate surface area is 322 Å². The van der Waals surface area contributed by atoms with E-state index in [4.69, 9.17) is 23.4 Å². The molecule has 0 amide bonds. The zero-order valence-corrected chi connectivity index (χ0v) is 32.5. The van der Waals surface area contributed by atoms with Crippen molar-refractivity contribution in [3.05, 3.63) is 48.3 Å². The van der Waals surface area contributed by atoms with Crippen molar-refractivity contribution in [1.29, 1.82) is 0 Å². The number of carbonyl (C=O) groups is 1. The van der Waals surface area contributed by atoms with Crippen molar-refractivity contribution >= 4 is 38.5 Å². The largest absolute Gasteiger partial charge is 0.485 e. The number of hydrogen-bond donors (Lipinski definition) is 7. The lowest BCUT2D eigenvalue weighted by molar-refractivity contribution is -0.450. The molecule has 1 saturated heterocycles. The molecule has 1 spiro atoms. The van der Waals surface area contributed by atoms with Gasteiger partial charge in [0.1, 0.15) is 23.9 Å². The quantitative estimate of drug-likeness (QED) is 0.111. The van der Waals surface area contributed by atoms with Gasteiger partial charge in [-0.15, -0.1) is 0 Å². The Hall–Kier alpha value is -2.31. The molecule has 1 aromatic heterocycles. The third-order valence-corrected chi connectivity index (χ3v) is 14.9. The third kappa shape index (κ3) is 6.40. The van der Waals surface area contributed by atoms with E-state index in [1.807, 2.05) is 0 Å². The first-order valence-corrected chi connectivity index (χ1v) is 21.4. The van der Waals surface area contributed by atoms with Gasteiger partial charge in [-0.05, 0) is 68.2 Å². The average Bonchev–Trinajstić information content (AvgIpc) is 3.62. The molecule has 4 heterocycles. The molecule has 298 valence electrons. The summed E-state index contributed by atoms with van der Waals surface area (Å²) in [6, 6.07) is 3.65. The van der Waals surface area contributed by atoms with Gasteiger partial charge in [-0.3, -0.25) is 4.79 Å². The van der Waals surface area contributed by atoms with E-state index in [0.29, 0.717) is 34.7 Å². The van der Waals surface area contributed by atoms with Crippen LogP contribution >= 0.6 is 21.6 Å². The van der Waals surface area contributed by atoms with E-state index in [1.54, 1.807) is 42.0 Å². The second-order valence-corrected chi connectivity index (χ2v) is 18.2. The first kappa shape index (κ1) is 39.9. The lowest BCUT2D eigenvalue weighted by atomic mass is 9.47. The van der Waals surface area contributed by atoms with Crippen LogP contribution in [0.3, 0.4) is 0 Å².